The number of H-pyrrole nitrogens is 1. The van der Waals surface area contributed by atoms with Gasteiger partial charge in [0.15, 0.2) is 0 Å². The third-order valence-corrected chi connectivity index (χ3v) is 3.63. The first-order valence-electron chi connectivity index (χ1n) is 6.67. The second-order valence-electron chi connectivity index (χ2n) is 4.94. The Labute approximate surface area is 111 Å². The van der Waals surface area contributed by atoms with Crippen LogP contribution in [0.3, 0.4) is 0 Å². The van der Waals surface area contributed by atoms with E-state index in [9.17, 15) is 4.79 Å². The van der Waals surface area contributed by atoms with E-state index in [-0.39, 0.29) is 5.56 Å². The molecule has 3 rings (SSSR count). The van der Waals surface area contributed by atoms with E-state index >= 15 is 0 Å². The number of aromatic amines is 1. The molecule has 2 N–H and O–H groups in total. The molecule has 0 spiro atoms. The third-order valence-electron chi connectivity index (χ3n) is 3.63. The van der Waals surface area contributed by atoms with E-state index in [4.69, 9.17) is 0 Å². The van der Waals surface area contributed by atoms with Gasteiger partial charge in [0.25, 0.3) is 0 Å². The minimum Gasteiger partial charge on any atom is -0.326 e. The standard InChI is InChI=1S/C15H17N3O/c19-15-5-4-12-13(2-1-3-14(12)18-15)17-10-11-6-8-16-9-7-11/h4-9,13,17H,1-3,10H2,(H,18,19). The number of pyridine rings is 2. The van der Waals surface area contributed by atoms with Crippen LogP contribution >= 0.6 is 0 Å². The van der Waals surface area contributed by atoms with Crippen LogP contribution in [0.5, 0.6) is 0 Å². The number of aromatic nitrogens is 2. The monoisotopic (exact) mass is 255 g/mol. The fourth-order valence-corrected chi connectivity index (χ4v) is 2.65. The van der Waals surface area contributed by atoms with Crippen molar-refractivity contribution in [3.63, 3.8) is 0 Å². The Hall–Kier alpha value is -1.94. The highest BCUT2D eigenvalue weighted by Gasteiger charge is 2.20. The summed E-state index contributed by atoms with van der Waals surface area (Å²) in [6, 6.07) is 7.93. The molecule has 19 heavy (non-hydrogen) atoms. The lowest BCUT2D eigenvalue weighted by molar-refractivity contribution is 0.453. The quantitative estimate of drug-likeness (QED) is 0.881. The second-order valence-corrected chi connectivity index (χ2v) is 4.94. The zero-order valence-electron chi connectivity index (χ0n) is 10.7. The lowest BCUT2D eigenvalue weighted by Gasteiger charge is -2.26. The Bertz CT molecular complexity index is 606. The molecule has 4 nitrogen and oxygen atoms in total. The van der Waals surface area contributed by atoms with Crippen LogP contribution in [-0.4, -0.2) is 9.97 Å². The molecule has 1 aliphatic carbocycles. The third kappa shape index (κ3) is 2.74. The van der Waals surface area contributed by atoms with Crippen LogP contribution in [0.1, 0.15) is 35.7 Å². The number of nitrogens with one attached hydrogen (secondary N) is 2. The summed E-state index contributed by atoms with van der Waals surface area (Å²) in [5.41, 5.74) is 3.55. The zero-order chi connectivity index (χ0) is 13.1. The van der Waals surface area contributed by atoms with Crippen LogP contribution in [0.15, 0.2) is 41.5 Å². The molecule has 0 fully saturated rings. The first-order valence-corrected chi connectivity index (χ1v) is 6.67. The number of aryl methyl sites for hydroxylation is 1. The van der Waals surface area contributed by atoms with E-state index in [0.29, 0.717) is 6.04 Å². The van der Waals surface area contributed by atoms with Gasteiger partial charge >= 0.3 is 0 Å². The SMILES string of the molecule is O=c1ccc2c([nH]1)CCCC2NCc1ccncc1. The van der Waals surface area contributed by atoms with Gasteiger partial charge in [-0.15, -0.1) is 0 Å². The predicted octanol–water partition coefficient (Wildman–Crippen LogP) is 1.94. The average Bonchev–Trinajstić information content (AvgIpc) is 2.45. The van der Waals surface area contributed by atoms with Crippen molar-refractivity contribution < 1.29 is 0 Å². The Morgan fingerprint density at radius 2 is 2.11 bits per heavy atom. The molecule has 0 aliphatic heterocycles. The van der Waals surface area contributed by atoms with Gasteiger partial charge in [-0.1, -0.05) is 6.07 Å². The molecule has 0 bridgehead atoms. The normalized spacial score (nSPS) is 18.0. The van der Waals surface area contributed by atoms with Crippen molar-refractivity contribution >= 4 is 0 Å². The average molecular weight is 255 g/mol. The van der Waals surface area contributed by atoms with E-state index in [1.807, 2.05) is 30.6 Å². The number of hydrogen-bond acceptors (Lipinski definition) is 3. The minimum absolute atomic E-state index is 0.00599. The van der Waals surface area contributed by atoms with Crippen LogP contribution in [0.25, 0.3) is 0 Å². The molecule has 2 aromatic rings. The Morgan fingerprint density at radius 3 is 2.95 bits per heavy atom. The second kappa shape index (κ2) is 5.36. The Kier molecular flexibility index (Phi) is 3.42. The summed E-state index contributed by atoms with van der Waals surface area (Å²) in [7, 11) is 0. The van der Waals surface area contributed by atoms with Crippen molar-refractivity contribution in [3.8, 4) is 0 Å². The zero-order valence-corrected chi connectivity index (χ0v) is 10.7. The van der Waals surface area contributed by atoms with Gasteiger partial charge in [-0.3, -0.25) is 9.78 Å². The maximum Gasteiger partial charge on any atom is 0.248 e. The van der Waals surface area contributed by atoms with Gasteiger partial charge in [-0.25, -0.2) is 0 Å². The first kappa shape index (κ1) is 12.1. The Balaban J connectivity index is 1.75. The van der Waals surface area contributed by atoms with E-state index in [2.05, 4.69) is 15.3 Å². The van der Waals surface area contributed by atoms with Crippen LogP contribution < -0.4 is 10.9 Å². The molecule has 1 unspecified atom stereocenters. The summed E-state index contributed by atoms with van der Waals surface area (Å²) < 4.78 is 0. The number of rotatable bonds is 3. The fraction of sp³-hybridized carbons (Fsp3) is 0.333. The molecule has 0 amide bonds. The smallest absolute Gasteiger partial charge is 0.248 e. The summed E-state index contributed by atoms with van der Waals surface area (Å²) in [5.74, 6) is 0. The number of hydrogen-bond donors (Lipinski definition) is 2. The van der Waals surface area contributed by atoms with Crippen molar-refractivity contribution in [2.75, 3.05) is 0 Å². The van der Waals surface area contributed by atoms with Gasteiger partial charge in [0.05, 0.1) is 0 Å². The van der Waals surface area contributed by atoms with Crippen molar-refractivity contribution in [3.05, 3.63) is 63.8 Å². The molecule has 0 aromatic carbocycles. The van der Waals surface area contributed by atoms with Crippen LogP contribution in [0, 0.1) is 0 Å². The fourth-order valence-electron chi connectivity index (χ4n) is 2.65. The molecule has 2 aromatic heterocycles. The van der Waals surface area contributed by atoms with Crippen molar-refractivity contribution in [2.45, 2.75) is 31.8 Å². The molecule has 98 valence electrons. The number of fused-ring (bicyclic) bond motifs is 1. The molecule has 1 atom stereocenters. The van der Waals surface area contributed by atoms with Crippen LogP contribution in [0.2, 0.25) is 0 Å². The maximum absolute atomic E-state index is 11.3. The van der Waals surface area contributed by atoms with E-state index in [0.717, 1.165) is 31.5 Å². The molecule has 1 aliphatic rings. The largest absolute Gasteiger partial charge is 0.326 e. The molecular weight excluding hydrogens is 238 g/mol. The van der Waals surface area contributed by atoms with Crippen LogP contribution in [0.4, 0.5) is 0 Å². The highest BCUT2D eigenvalue weighted by atomic mass is 16.1. The predicted molar refractivity (Wildman–Crippen MR) is 73.8 cm³/mol. The number of nitrogens with zero attached hydrogens (tertiary/aromatic N) is 1. The van der Waals surface area contributed by atoms with E-state index in [1.54, 1.807) is 6.07 Å². The van der Waals surface area contributed by atoms with E-state index in [1.165, 1.54) is 11.1 Å². The summed E-state index contributed by atoms with van der Waals surface area (Å²) >= 11 is 0. The lowest BCUT2D eigenvalue weighted by Crippen LogP contribution is -2.27. The van der Waals surface area contributed by atoms with Crippen molar-refractivity contribution in [1.82, 2.24) is 15.3 Å². The molecular formula is C15H17N3O. The molecule has 0 radical (unpaired) electrons. The summed E-state index contributed by atoms with van der Waals surface area (Å²) in [4.78, 5) is 18.3. The van der Waals surface area contributed by atoms with Gasteiger partial charge < -0.3 is 10.3 Å². The maximum atomic E-state index is 11.3. The van der Waals surface area contributed by atoms with Crippen LogP contribution in [-0.2, 0) is 13.0 Å². The Morgan fingerprint density at radius 1 is 1.26 bits per heavy atom. The lowest BCUT2D eigenvalue weighted by atomic mass is 9.91. The summed E-state index contributed by atoms with van der Waals surface area (Å²) in [6.45, 7) is 0.825. The van der Waals surface area contributed by atoms with Gasteiger partial charge in [0.2, 0.25) is 5.56 Å². The van der Waals surface area contributed by atoms with Crippen molar-refractivity contribution in [1.29, 1.82) is 0 Å². The van der Waals surface area contributed by atoms with Gasteiger partial charge in [-0.2, -0.15) is 0 Å². The highest BCUT2D eigenvalue weighted by Crippen LogP contribution is 2.27. The van der Waals surface area contributed by atoms with E-state index < -0.39 is 0 Å². The molecule has 0 saturated heterocycles. The van der Waals surface area contributed by atoms with Gasteiger partial charge in [0.1, 0.15) is 0 Å². The molecule has 0 saturated carbocycles. The first-order chi connectivity index (χ1) is 9.33. The summed E-state index contributed by atoms with van der Waals surface area (Å²) in [5, 5.41) is 3.56. The van der Waals surface area contributed by atoms with Crippen molar-refractivity contribution in [2.24, 2.45) is 0 Å². The van der Waals surface area contributed by atoms with Gasteiger partial charge in [0, 0.05) is 36.7 Å². The highest BCUT2D eigenvalue weighted by molar-refractivity contribution is 5.26. The van der Waals surface area contributed by atoms with Gasteiger partial charge in [-0.05, 0) is 42.5 Å². The topological polar surface area (TPSA) is 57.8 Å². The molecule has 4 heteroatoms. The summed E-state index contributed by atoms with van der Waals surface area (Å²) in [6.07, 6.45) is 6.82. The minimum atomic E-state index is -0.00599. The molecule has 2 heterocycles.